The van der Waals surface area contributed by atoms with Crippen molar-refractivity contribution in [3.63, 3.8) is 0 Å². The average molecular weight is 129 g/mol. The van der Waals surface area contributed by atoms with E-state index in [1.807, 2.05) is 14.0 Å². The van der Waals surface area contributed by atoms with Crippen LogP contribution in [0.1, 0.15) is 13.3 Å². The largest absolute Gasteiger partial charge is 0.394 e. The van der Waals surface area contributed by atoms with Crippen LogP contribution in [0, 0.1) is 0 Å². The fourth-order valence-corrected chi connectivity index (χ4v) is 0.671. The molecule has 0 aliphatic rings. The van der Waals surface area contributed by atoms with E-state index in [2.05, 4.69) is 11.9 Å². The zero-order valence-corrected chi connectivity index (χ0v) is 6.15. The van der Waals surface area contributed by atoms with Gasteiger partial charge in [0.15, 0.2) is 0 Å². The molecule has 0 saturated heterocycles. The number of aliphatic hydroxyl groups is 1. The van der Waals surface area contributed by atoms with Crippen LogP contribution in [0.5, 0.6) is 0 Å². The monoisotopic (exact) mass is 129 g/mol. The van der Waals surface area contributed by atoms with Gasteiger partial charge in [-0.2, -0.15) is 0 Å². The summed E-state index contributed by atoms with van der Waals surface area (Å²) in [6.07, 6.45) is 0.923. The van der Waals surface area contributed by atoms with E-state index in [-0.39, 0.29) is 12.6 Å². The Bertz CT molecular complexity index is 86.9. The Morgan fingerprint density at radius 3 is 2.44 bits per heavy atom. The Morgan fingerprint density at radius 2 is 2.33 bits per heavy atom. The maximum Gasteiger partial charge on any atom is 0.0623 e. The van der Waals surface area contributed by atoms with Crippen molar-refractivity contribution in [1.82, 2.24) is 5.32 Å². The Labute approximate surface area is 56.6 Å². The number of rotatable bonds is 4. The fourth-order valence-electron chi connectivity index (χ4n) is 0.671. The minimum Gasteiger partial charge on any atom is -0.394 e. The van der Waals surface area contributed by atoms with Crippen LogP contribution >= 0.6 is 0 Å². The molecule has 1 unspecified atom stereocenters. The van der Waals surface area contributed by atoms with Gasteiger partial charge in [-0.25, -0.2) is 0 Å². The predicted molar refractivity (Wildman–Crippen MR) is 39.4 cm³/mol. The van der Waals surface area contributed by atoms with Crippen LogP contribution in [0.4, 0.5) is 0 Å². The molecule has 54 valence electrons. The van der Waals surface area contributed by atoms with E-state index < -0.39 is 0 Å². The van der Waals surface area contributed by atoms with Crippen molar-refractivity contribution in [2.24, 2.45) is 0 Å². The molecule has 0 aromatic heterocycles. The number of nitrogens with one attached hydrogen (secondary N) is 1. The molecule has 0 aromatic rings. The third-order valence-corrected chi connectivity index (χ3v) is 1.48. The van der Waals surface area contributed by atoms with Crippen molar-refractivity contribution < 1.29 is 5.11 Å². The summed E-state index contributed by atoms with van der Waals surface area (Å²) in [6.45, 7) is 5.96. The molecule has 0 aliphatic heterocycles. The van der Waals surface area contributed by atoms with Gasteiger partial charge in [-0.1, -0.05) is 19.1 Å². The highest BCUT2D eigenvalue weighted by atomic mass is 16.3. The first-order valence-electron chi connectivity index (χ1n) is 3.22. The quantitative estimate of drug-likeness (QED) is 0.543. The van der Waals surface area contributed by atoms with Gasteiger partial charge in [0.25, 0.3) is 0 Å². The van der Waals surface area contributed by atoms with Gasteiger partial charge < -0.3 is 10.4 Å². The van der Waals surface area contributed by atoms with Crippen molar-refractivity contribution in [2.45, 2.75) is 19.4 Å². The van der Waals surface area contributed by atoms with E-state index in [0.717, 1.165) is 12.0 Å². The van der Waals surface area contributed by atoms with E-state index in [1.54, 1.807) is 0 Å². The van der Waals surface area contributed by atoms with Crippen LogP contribution < -0.4 is 5.32 Å². The Kier molecular flexibility index (Phi) is 4.36. The molecule has 2 nitrogen and oxygen atoms in total. The van der Waals surface area contributed by atoms with E-state index in [4.69, 9.17) is 5.11 Å². The van der Waals surface area contributed by atoms with Gasteiger partial charge in [0.1, 0.15) is 0 Å². The van der Waals surface area contributed by atoms with Crippen molar-refractivity contribution in [3.05, 3.63) is 12.2 Å². The Balaban J connectivity index is 3.64. The van der Waals surface area contributed by atoms with E-state index in [1.165, 1.54) is 0 Å². The normalized spacial score (nSPS) is 13.2. The summed E-state index contributed by atoms with van der Waals surface area (Å²) in [7, 11) is 1.82. The first-order valence-corrected chi connectivity index (χ1v) is 3.22. The highest BCUT2D eigenvalue weighted by molar-refractivity contribution is 5.03. The van der Waals surface area contributed by atoms with Crippen LogP contribution in [0.25, 0.3) is 0 Å². The second-order valence-corrected chi connectivity index (χ2v) is 2.04. The number of hydrogen-bond donors (Lipinski definition) is 2. The van der Waals surface area contributed by atoms with Gasteiger partial charge >= 0.3 is 0 Å². The smallest absolute Gasteiger partial charge is 0.0623 e. The summed E-state index contributed by atoms with van der Waals surface area (Å²) in [6, 6.07) is 0.0787. The van der Waals surface area contributed by atoms with Crippen molar-refractivity contribution in [3.8, 4) is 0 Å². The van der Waals surface area contributed by atoms with Gasteiger partial charge in [0.2, 0.25) is 0 Å². The molecule has 0 rings (SSSR count). The van der Waals surface area contributed by atoms with Crippen LogP contribution in [0.3, 0.4) is 0 Å². The lowest BCUT2D eigenvalue weighted by Crippen LogP contribution is -2.30. The minimum atomic E-state index is 0.0787. The first kappa shape index (κ1) is 8.66. The lowest BCUT2D eigenvalue weighted by Gasteiger charge is -2.13. The highest BCUT2D eigenvalue weighted by Gasteiger charge is 2.04. The molecule has 9 heavy (non-hydrogen) atoms. The standard InChI is InChI=1S/C7H15NO/c1-4-6(2)7(5-9)8-3/h7-9H,2,4-5H2,1,3H3. The zero-order valence-electron chi connectivity index (χ0n) is 6.15. The molecular formula is C7H15NO. The fraction of sp³-hybridized carbons (Fsp3) is 0.714. The molecule has 2 N–H and O–H groups in total. The molecule has 1 atom stereocenters. The maximum absolute atomic E-state index is 8.70. The van der Waals surface area contributed by atoms with Crippen LogP contribution in [-0.2, 0) is 0 Å². The summed E-state index contributed by atoms with van der Waals surface area (Å²) in [4.78, 5) is 0. The third kappa shape index (κ3) is 2.63. The number of aliphatic hydroxyl groups excluding tert-OH is 1. The highest BCUT2D eigenvalue weighted by Crippen LogP contribution is 2.01. The summed E-state index contributed by atoms with van der Waals surface area (Å²) in [5.41, 5.74) is 1.06. The number of hydrogen-bond acceptors (Lipinski definition) is 2. The molecule has 0 aliphatic carbocycles. The third-order valence-electron chi connectivity index (χ3n) is 1.48. The first-order chi connectivity index (χ1) is 4.26. The van der Waals surface area contributed by atoms with Gasteiger partial charge in [0.05, 0.1) is 12.6 Å². The molecule has 0 radical (unpaired) electrons. The van der Waals surface area contributed by atoms with Gasteiger partial charge in [-0.05, 0) is 13.5 Å². The van der Waals surface area contributed by atoms with Crippen LogP contribution in [-0.4, -0.2) is 24.8 Å². The minimum absolute atomic E-state index is 0.0787. The van der Waals surface area contributed by atoms with E-state index >= 15 is 0 Å². The topological polar surface area (TPSA) is 32.3 Å². The molecule has 0 saturated carbocycles. The van der Waals surface area contributed by atoms with Gasteiger partial charge in [-0.15, -0.1) is 0 Å². The summed E-state index contributed by atoms with van der Waals surface area (Å²) >= 11 is 0. The van der Waals surface area contributed by atoms with Crippen molar-refractivity contribution in [2.75, 3.05) is 13.7 Å². The summed E-state index contributed by atoms with van der Waals surface area (Å²) < 4.78 is 0. The molecule has 0 bridgehead atoms. The summed E-state index contributed by atoms with van der Waals surface area (Å²) in [5.74, 6) is 0. The molecular weight excluding hydrogens is 114 g/mol. The second kappa shape index (κ2) is 4.53. The van der Waals surface area contributed by atoms with Crippen molar-refractivity contribution in [1.29, 1.82) is 0 Å². The molecule has 2 heteroatoms. The SMILES string of the molecule is C=C(CC)C(CO)NC. The summed E-state index contributed by atoms with van der Waals surface area (Å²) in [5, 5.41) is 11.7. The van der Waals surface area contributed by atoms with Crippen molar-refractivity contribution >= 4 is 0 Å². The predicted octanol–water partition coefficient (Wildman–Crippen LogP) is 0.533. The van der Waals surface area contributed by atoms with Crippen LogP contribution in [0.2, 0.25) is 0 Å². The molecule has 0 heterocycles. The van der Waals surface area contributed by atoms with Crippen LogP contribution in [0.15, 0.2) is 12.2 Å². The number of likely N-dealkylation sites (N-methyl/N-ethyl adjacent to an activating group) is 1. The van der Waals surface area contributed by atoms with Gasteiger partial charge in [0, 0.05) is 0 Å². The molecule has 0 spiro atoms. The average Bonchev–Trinajstić information content (AvgIpc) is 1.90. The van der Waals surface area contributed by atoms with Gasteiger partial charge in [-0.3, -0.25) is 0 Å². The second-order valence-electron chi connectivity index (χ2n) is 2.04. The van der Waals surface area contributed by atoms with E-state index in [9.17, 15) is 0 Å². The lowest BCUT2D eigenvalue weighted by molar-refractivity contribution is 0.263. The molecule has 0 amide bonds. The lowest BCUT2D eigenvalue weighted by atomic mass is 10.1. The Morgan fingerprint density at radius 1 is 1.78 bits per heavy atom. The maximum atomic E-state index is 8.70. The molecule has 0 aromatic carbocycles. The molecule has 0 fully saturated rings. The Hall–Kier alpha value is -0.340. The van der Waals surface area contributed by atoms with E-state index in [0.29, 0.717) is 0 Å². The zero-order chi connectivity index (χ0) is 7.28.